The van der Waals surface area contributed by atoms with Crippen molar-refractivity contribution in [1.29, 1.82) is 5.26 Å². The highest BCUT2D eigenvalue weighted by atomic mass is 16.5. The van der Waals surface area contributed by atoms with Crippen LogP contribution in [-0.4, -0.2) is 21.4 Å². The van der Waals surface area contributed by atoms with E-state index in [4.69, 9.17) is 4.74 Å². The van der Waals surface area contributed by atoms with Crippen LogP contribution in [0.3, 0.4) is 0 Å². The van der Waals surface area contributed by atoms with Crippen molar-refractivity contribution >= 4 is 17.7 Å². The Hall–Kier alpha value is -4.05. The Bertz CT molecular complexity index is 1230. The van der Waals surface area contributed by atoms with Crippen LogP contribution in [0.2, 0.25) is 0 Å². The van der Waals surface area contributed by atoms with Crippen molar-refractivity contribution in [2.75, 3.05) is 5.32 Å². The first-order chi connectivity index (χ1) is 14.8. The topological polar surface area (TPSA) is 89.1 Å². The van der Waals surface area contributed by atoms with Crippen LogP contribution in [0.4, 0.5) is 5.69 Å². The van der Waals surface area contributed by atoms with Gasteiger partial charge in [0.15, 0.2) is 0 Å². The van der Waals surface area contributed by atoms with Gasteiger partial charge < -0.3 is 10.1 Å². The summed E-state index contributed by atoms with van der Waals surface area (Å²) in [5.74, 6) is -0.0896. The number of anilines is 1. The first kappa shape index (κ1) is 21.7. The van der Waals surface area contributed by atoms with Gasteiger partial charge in [0.25, 0.3) is 11.5 Å². The maximum absolute atomic E-state index is 13.0. The molecule has 1 N–H and O–H groups in total. The van der Waals surface area contributed by atoms with Crippen LogP contribution in [0.5, 0.6) is 5.75 Å². The highest BCUT2D eigenvalue weighted by molar-refractivity contribution is 6.10. The number of nitriles is 1. The van der Waals surface area contributed by atoms with Crippen LogP contribution < -0.4 is 15.6 Å². The quantitative estimate of drug-likeness (QED) is 0.489. The van der Waals surface area contributed by atoms with E-state index >= 15 is 0 Å². The highest BCUT2D eigenvalue weighted by Gasteiger charge is 2.20. The smallest absolute Gasteiger partial charge is 0.295 e. The highest BCUT2D eigenvalue weighted by Crippen LogP contribution is 2.23. The molecule has 0 aliphatic rings. The zero-order valence-corrected chi connectivity index (χ0v) is 17.9. The summed E-state index contributed by atoms with van der Waals surface area (Å²) >= 11 is 0. The Morgan fingerprint density at radius 3 is 2.42 bits per heavy atom. The lowest BCUT2D eigenvalue weighted by molar-refractivity contribution is -0.112. The van der Waals surface area contributed by atoms with Gasteiger partial charge in [-0.1, -0.05) is 36.4 Å². The number of benzene rings is 2. The molecule has 3 rings (SSSR count). The molecule has 0 unspecified atom stereocenters. The molecular formula is C24H24N4O3. The van der Waals surface area contributed by atoms with Gasteiger partial charge in [-0.2, -0.15) is 5.26 Å². The number of amides is 1. The number of para-hydroxylation sites is 2. The second kappa shape index (κ2) is 9.18. The van der Waals surface area contributed by atoms with Gasteiger partial charge >= 0.3 is 0 Å². The van der Waals surface area contributed by atoms with Crippen LogP contribution in [0.1, 0.15) is 25.1 Å². The molecule has 1 heterocycles. The summed E-state index contributed by atoms with van der Waals surface area (Å²) in [6, 6.07) is 18.2. The summed E-state index contributed by atoms with van der Waals surface area (Å²) in [6.45, 7) is 5.53. The third kappa shape index (κ3) is 4.59. The molecule has 158 valence electrons. The molecule has 0 fully saturated rings. The minimum atomic E-state index is -0.659. The number of hydrogen-bond acceptors (Lipinski definition) is 4. The first-order valence-corrected chi connectivity index (χ1v) is 9.86. The van der Waals surface area contributed by atoms with Gasteiger partial charge in [-0.25, -0.2) is 4.68 Å². The lowest BCUT2D eigenvalue weighted by Crippen LogP contribution is -2.23. The van der Waals surface area contributed by atoms with Crippen molar-refractivity contribution in [3.8, 4) is 17.5 Å². The van der Waals surface area contributed by atoms with E-state index in [0.717, 1.165) is 0 Å². The summed E-state index contributed by atoms with van der Waals surface area (Å²) in [6.07, 6.45) is 1.40. The van der Waals surface area contributed by atoms with E-state index in [-0.39, 0.29) is 22.9 Å². The Kier molecular flexibility index (Phi) is 6.41. The normalized spacial score (nSPS) is 11.3. The number of carbonyl (C=O) groups excluding carboxylic acids is 1. The van der Waals surface area contributed by atoms with Gasteiger partial charge in [0.2, 0.25) is 0 Å². The molecule has 1 amide bonds. The fourth-order valence-corrected chi connectivity index (χ4v) is 3.16. The van der Waals surface area contributed by atoms with Gasteiger partial charge in [0.05, 0.1) is 17.5 Å². The molecule has 0 bridgehead atoms. The molecule has 0 radical (unpaired) electrons. The number of hydrogen-bond donors (Lipinski definition) is 1. The Balaban J connectivity index is 1.96. The average Bonchev–Trinajstić information content (AvgIpc) is 2.96. The van der Waals surface area contributed by atoms with Gasteiger partial charge in [-0.15, -0.1) is 0 Å². The van der Waals surface area contributed by atoms with Gasteiger partial charge in [-0.3, -0.25) is 14.3 Å². The van der Waals surface area contributed by atoms with Crippen LogP contribution in [0.15, 0.2) is 65.0 Å². The van der Waals surface area contributed by atoms with E-state index < -0.39 is 5.91 Å². The molecule has 0 spiro atoms. The van der Waals surface area contributed by atoms with E-state index in [1.165, 1.54) is 10.8 Å². The molecule has 0 saturated heterocycles. The van der Waals surface area contributed by atoms with Crippen molar-refractivity contribution in [3.05, 3.63) is 81.8 Å². The number of nitrogens with zero attached hydrogens (tertiary/aromatic N) is 3. The van der Waals surface area contributed by atoms with Crippen molar-refractivity contribution in [2.45, 2.75) is 26.9 Å². The first-order valence-electron chi connectivity index (χ1n) is 9.86. The molecule has 7 nitrogen and oxygen atoms in total. The molecule has 7 heteroatoms. The number of aromatic nitrogens is 2. The molecule has 0 atom stereocenters. The summed E-state index contributed by atoms with van der Waals surface area (Å²) in [5.41, 5.74) is 1.48. The number of rotatable bonds is 6. The number of ether oxygens (including phenoxy) is 1. The molecular weight excluding hydrogens is 392 g/mol. The zero-order valence-electron chi connectivity index (χ0n) is 17.9. The van der Waals surface area contributed by atoms with Gasteiger partial charge in [-0.05, 0) is 45.0 Å². The number of carbonyl (C=O) groups is 1. The SMILES string of the molecule is Cc1c(NC(=O)/C(C#N)=C\c2ccccc2OC(C)C)c(=O)n(-c2ccccc2)n1C. The molecule has 0 saturated carbocycles. The molecule has 0 aliphatic carbocycles. The lowest BCUT2D eigenvalue weighted by atomic mass is 10.1. The molecule has 0 aliphatic heterocycles. The van der Waals surface area contributed by atoms with Crippen molar-refractivity contribution in [2.24, 2.45) is 7.05 Å². The van der Waals surface area contributed by atoms with Crippen LogP contribution in [0.25, 0.3) is 11.8 Å². The molecule has 31 heavy (non-hydrogen) atoms. The molecule has 1 aromatic heterocycles. The monoisotopic (exact) mass is 416 g/mol. The predicted octanol–water partition coefficient (Wildman–Crippen LogP) is 3.82. The minimum Gasteiger partial charge on any atom is -0.490 e. The fourth-order valence-electron chi connectivity index (χ4n) is 3.16. The second-order valence-corrected chi connectivity index (χ2v) is 7.26. The van der Waals surface area contributed by atoms with Crippen molar-refractivity contribution < 1.29 is 9.53 Å². The van der Waals surface area contributed by atoms with Crippen molar-refractivity contribution in [1.82, 2.24) is 9.36 Å². The minimum absolute atomic E-state index is 0.0580. The third-order valence-corrected chi connectivity index (χ3v) is 4.74. The fraction of sp³-hybridized carbons (Fsp3) is 0.208. The van der Waals surface area contributed by atoms with Crippen molar-refractivity contribution in [3.63, 3.8) is 0 Å². The van der Waals surface area contributed by atoms with Crippen LogP contribution >= 0.6 is 0 Å². The third-order valence-electron chi connectivity index (χ3n) is 4.74. The summed E-state index contributed by atoms with van der Waals surface area (Å²) in [4.78, 5) is 25.8. The van der Waals surface area contributed by atoms with E-state index in [2.05, 4.69) is 5.32 Å². The van der Waals surface area contributed by atoms with Gasteiger partial charge in [0.1, 0.15) is 23.1 Å². The average molecular weight is 416 g/mol. The Labute approximate surface area is 180 Å². The maximum atomic E-state index is 13.0. The molecule has 3 aromatic rings. The largest absolute Gasteiger partial charge is 0.490 e. The second-order valence-electron chi connectivity index (χ2n) is 7.26. The lowest BCUT2D eigenvalue weighted by Gasteiger charge is -2.12. The Morgan fingerprint density at radius 1 is 1.13 bits per heavy atom. The molecule has 2 aromatic carbocycles. The van der Waals surface area contributed by atoms with E-state index in [1.54, 1.807) is 49.0 Å². The zero-order chi connectivity index (χ0) is 22.5. The summed E-state index contributed by atoms with van der Waals surface area (Å²) in [7, 11) is 1.74. The maximum Gasteiger partial charge on any atom is 0.295 e. The van der Waals surface area contributed by atoms with E-state index in [0.29, 0.717) is 22.7 Å². The van der Waals surface area contributed by atoms with Crippen LogP contribution in [-0.2, 0) is 11.8 Å². The van der Waals surface area contributed by atoms with E-state index in [1.807, 2.05) is 44.2 Å². The van der Waals surface area contributed by atoms with Crippen LogP contribution in [0, 0.1) is 18.3 Å². The number of nitrogens with one attached hydrogen (secondary N) is 1. The van der Waals surface area contributed by atoms with E-state index in [9.17, 15) is 14.9 Å². The Morgan fingerprint density at radius 2 is 1.77 bits per heavy atom. The summed E-state index contributed by atoms with van der Waals surface area (Å²) in [5, 5.41) is 12.2. The van der Waals surface area contributed by atoms with Gasteiger partial charge in [0, 0.05) is 12.6 Å². The predicted molar refractivity (Wildman–Crippen MR) is 120 cm³/mol. The summed E-state index contributed by atoms with van der Waals surface area (Å²) < 4.78 is 8.88. The standard InChI is InChI=1S/C24H24N4O3/c1-16(2)31-21-13-9-8-10-18(21)14-19(15-25)23(29)26-22-17(3)27(4)28(24(22)30)20-11-6-5-7-12-20/h5-14,16H,1-4H3,(H,26,29)/b19-14-.